The number of allylic oxidation sites excluding steroid dienone is 1. The molecule has 148 valence electrons. The Balaban J connectivity index is 2.61. The summed E-state index contributed by atoms with van der Waals surface area (Å²) in [4.78, 5) is 28.8. The van der Waals surface area contributed by atoms with E-state index in [2.05, 4.69) is 15.9 Å². The first-order valence-electron chi connectivity index (χ1n) is 7.62. The van der Waals surface area contributed by atoms with Gasteiger partial charge in [0.2, 0.25) is 5.91 Å². The van der Waals surface area contributed by atoms with Crippen molar-refractivity contribution in [3.8, 4) is 5.75 Å². The minimum absolute atomic E-state index is 0.0317. The van der Waals surface area contributed by atoms with E-state index in [9.17, 15) is 18.1 Å². The number of fused-ring (bicyclic) bond motifs is 1. The van der Waals surface area contributed by atoms with Crippen molar-refractivity contribution in [3.63, 3.8) is 0 Å². The number of rotatable bonds is 7. The molecule has 0 spiro atoms. The lowest BCUT2D eigenvalue weighted by Crippen LogP contribution is -2.12. The van der Waals surface area contributed by atoms with Gasteiger partial charge in [-0.25, -0.2) is 0 Å². The largest absolute Gasteiger partial charge is 0.492 e. The summed E-state index contributed by atoms with van der Waals surface area (Å²) in [5.74, 6) is -0.644. The smallest absolute Gasteiger partial charge is 0.400 e. The van der Waals surface area contributed by atoms with E-state index in [4.69, 9.17) is 20.3 Å². The summed E-state index contributed by atoms with van der Waals surface area (Å²) in [6, 6.07) is 2.61. The van der Waals surface area contributed by atoms with E-state index in [0.29, 0.717) is 17.8 Å². The Morgan fingerprint density at radius 2 is 2.04 bits per heavy atom. The average Bonchev–Trinajstić information content (AvgIpc) is 2.88. The van der Waals surface area contributed by atoms with Crippen molar-refractivity contribution >= 4 is 50.9 Å². The number of nitrogens with two attached hydrogens (primary N) is 1. The van der Waals surface area contributed by atoms with Crippen LogP contribution < -0.4 is 10.5 Å². The van der Waals surface area contributed by atoms with E-state index in [0.717, 1.165) is 5.57 Å². The van der Waals surface area contributed by atoms with Crippen LogP contribution in [0, 0.1) is 0 Å². The highest BCUT2D eigenvalue weighted by atomic mass is 79.9. The van der Waals surface area contributed by atoms with Crippen LogP contribution in [0.15, 0.2) is 28.3 Å². The van der Waals surface area contributed by atoms with Gasteiger partial charge in [0.15, 0.2) is 0 Å². The van der Waals surface area contributed by atoms with Gasteiger partial charge in [0.25, 0.3) is 0 Å². The summed E-state index contributed by atoms with van der Waals surface area (Å²) in [5, 5.41) is 0.164. The van der Waals surface area contributed by atoms with Crippen molar-refractivity contribution in [2.24, 2.45) is 5.73 Å². The molecule has 0 radical (unpaired) electrons. The van der Waals surface area contributed by atoms with Crippen molar-refractivity contribution in [1.82, 2.24) is 0 Å². The van der Waals surface area contributed by atoms with Crippen LogP contribution in [0.4, 0.5) is 8.78 Å². The molecule has 0 atom stereocenters. The fourth-order valence-corrected chi connectivity index (χ4v) is 5.21. The first kappa shape index (κ1) is 22.0. The van der Waals surface area contributed by atoms with Gasteiger partial charge in [-0.1, -0.05) is 11.6 Å². The van der Waals surface area contributed by atoms with Gasteiger partial charge in [-0.05, 0) is 48.3 Å². The molecule has 0 bridgehead atoms. The zero-order chi connectivity index (χ0) is 20.6. The zero-order valence-electron chi connectivity index (χ0n) is 14.3. The Morgan fingerprint density at radius 3 is 2.56 bits per heavy atom. The molecule has 1 aromatic carbocycles. The molecule has 1 heterocycles. The van der Waals surface area contributed by atoms with Gasteiger partial charge >= 0.3 is 13.3 Å². The summed E-state index contributed by atoms with van der Waals surface area (Å²) in [5.41, 5.74) is 2.02. The van der Waals surface area contributed by atoms with Gasteiger partial charge in [0.1, 0.15) is 10.6 Å². The maximum atomic E-state index is 14.2. The fraction of sp³-hybridized carbons (Fsp3) is 0.312. The topological polar surface area (TPSA) is 110 Å². The normalized spacial score (nSPS) is 12.3. The fourth-order valence-electron chi connectivity index (χ4n) is 2.23. The predicted molar refractivity (Wildman–Crippen MR) is 104 cm³/mol. The highest BCUT2D eigenvalue weighted by Gasteiger charge is 2.53. The van der Waals surface area contributed by atoms with Crippen LogP contribution in [0.5, 0.6) is 5.75 Å². The van der Waals surface area contributed by atoms with Crippen molar-refractivity contribution in [2.45, 2.75) is 25.9 Å². The number of ether oxygens (including phenoxy) is 1. The monoisotopic (exact) mass is 483 g/mol. The van der Waals surface area contributed by atoms with Crippen LogP contribution in [0.3, 0.4) is 0 Å². The third-order valence-corrected chi connectivity index (χ3v) is 7.03. The second-order valence-corrected chi connectivity index (χ2v) is 9.43. The SMILES string of the molecule is CC(C)=CCCOc1cc(C(N)=O)cc2c(Br)c(C(F)(F)P(=O)(O)O)sc12. The molecular formula is C16H17BrF2NO5PS. The Labute approximate surface area is 166 Å². The lowest BCUT2D eigenvalue weighted by molar-refractivity contribution is 0.0595. The second kappa shape index (κ2) is 7.97. The molecule has 27 heavy (non-hydrogen) atoms. The van der Waals surface area contributed by atoms with E-state index < -0.39 is 24.0 Å². The molecule has 0 unspecified atom stereocenters. The molecular weight excluding hydrogens is 467 g/mol. The molecule has 4 N–H and O–H groups in total. The molecule has 0 aliphatic heterocycles. The Kier molecular flexibility index (Phi) is 6.48. The molecule has 2 rings (SSSR count). The van der Waals surface area contributed by atoms with Gasteiger partial charge in [0.05, 0.1) is 11.3 Å². The molecule has 0 aliphatic carbocycles. The first-order chi connectivity index (χ1) is 12.4. The van der Waals surface area contributed by atoms with Gasteiger partial charge in [-0.2, -0.15) is 8.78 Å². The average molecular weight is 484 g/mol. The number of hydrogen-bond acceptors (Lipinski definition) is 4. The van der Waals surface area contributed by atoms with Crippen LogP contribution in [-0.4, -0.2) is 22.3 Å². The third-order valence-electron chi connectivity index (χ3n) is 3.55. The molecule has 6 nitrogen and oxygen atoms in total. The highest BCUT2D eigenvalue weighted by molar-refractivity contribution is 9.10. The summed E-state index contributed by atoms with van der Waals surface area (Å²) in [6.45, 7) is 4.06. The molecule has 0 fully saturated rings. The molecule has 11 heteroatoms. The Morgan fingerprint density at radius 1 is 1.41 bits per heavy atom. The van der Waals surface area contributed by atoms with Crippen LogP contribution >= 0.6 is 34.9 Å². The van der Waals surface area contributed by atoms with E-state index in [1.165, 1.54) is 12.1 Å². The number of thiophene rings is 1. The predicted octanol–water partition coefficient (Wildman–Crippen LogP) is 4.72. The quantitative estimate of drug-likeness (QED) is 0.299. The van der Waals surface area contributed by atoms with Gasteiger partial charge in [-0.3, -0.25) is 9.36 Å². The lowest BCUT2D eigenvalue weighted by Gasteiger charge is -2.16. The number of benzene rings is 1. The number of alkyl halides is 2. The van der Waals surface area contributed by atoms with Crippen LogP contribution in [0.2, 0.25) is 0 Å². The molecule has 1 amide bonds. The van der Waals surface area contributed by atoms with E-state index in [-0.39, 0.29) is 32.5 Å². The Bertz CT molecular complexity index is 965. The maximum Gasteiger partial charge on any atom is 0.400 e. The minimum atomic E-state index is -5.75. The van der Waals surface area contributed by atoms with Crippen LogP contribution in [-0.2, 0) is 10.2 Å². The second-order valence-electron chi connectivity index (χ2n) is 5.96. The zero-order valence-corrected chi connectivity index (χ0v) is 17.6. The number of carbonyl (C=O) groups excluding carboxylic acids is 1. The van der Waals surface area contributed by atoms with Crippen LogP contribution in [0.25, 0.3) is 10.1 Å². The van der Waals surface area contributed by atoms with Crippen molar-refractivity contribution in [2.75, 3.05) is 6.61 Å². The first-order valence-corrected chi connectivity index (χ1v) is 10.8. The lowest BCUT2D eigenvalue weighted by atomic mass is 10.1. The van der Waals surface area contributed by atoms with Crippen molar-refractivity contribution in [3.05, 3.63) is 38.7 Å². The molecule has 0 saturated carbocycles. The Hall–Kier alpha value is -1.32. The summed E-state index contributed by atoms with van der Waals surface area (Å²) >= 11 is 3.46. The van der Waals surface area contributed by atoms with Gasteiger partial charge in [0, 0.05) is 15.4 Å². The summed E-state index contributed by atoms with van der Waals surface area (Å²) < 4.78 is 45.3. The van der Waals surface area contributed by atoms with E-state index in [1.54, 1.807) is 0 Å². The van der Waals surface area contributed by atoms with Gasteiger partial charge < -0.3 is 20.3 Å². The summed E-state index contributed by atoms with van der Waals surface area (Å²) in [6.07, 6.45) is 2.48. The number of carbonyl (C=O) groups is 1. The number of hydrogen-bond donors (Lipinski definition) is 3. The highest BCUT2D eigenvalue weighted by Crippen LogP contribution is 2.63. The van der Waals surface area contributed by atoms with E-state index in [1.807, 2.05) is 19.9 Å². The number of halogens is 3. The standard InChI is InChI=1S/C16H17BrF2NO5PS/c1-8(2)4-3-5-25-11-7-9(15(20)21)6-10-12(17)14(27-13(10)11)16(18,19)26(22,23)24/h4,6-7H,3,5H2,1-2H3,(H2,20,21)(H2,22,23,24). The summed E-state index contributed by atoms with van der Waals surface area (Å²) in [7, 11) is -5.75. The minimum Gasteiger partial charge on any atom is -0.492 e. The number of amides is 1. The van der Waals surface area contributed by atoms with Crippen LogP contribution in [0.1, 0.15) is 35.5 Å². The molecule has 0 saturated heterocycles. The maximum absolute atomic E-state index is 14.2. The number of primary amides is 1. The molecule has 0 aliphatic rings. The van der Waals surface area contributed by atoms with Crippen molar-refractivity contribution in [1.29, 1.82) is 0 Å². The molecule has 2 aromatic rings. The van der Waals surface area contributed by atoms with E-state index >= 15 is 0 Å². The molecule has 1 aromatic heterocycles. The van der Waals surface area contributed by atoms with Crippen molar-refractivity contribution < 1.29 is 32.7 Å². The third kappa shape index (κ3) is 4.57. The van der Waals surface area contributed by atoms with Gasteiger partial charge in [-0.15, -0.1) is 11.3 Å².